The van der Waals surface area contributed by atoms with E-state index >= 15 is 0 Å². The number of rotatable bonds is 2. The van der Waals surface area contributed by atoms with E-state index in [9.17, 15) is 26.3 Å². The first kappa shape index (κ1) is 12.1. The number of alkyl halides is 8. The summed E-state index contributed by atoms with van der Waals surface area (Å²) in [4.78, 5) is 0. The number of hydrogen-bond acceptors (Lipinski definition) is 1. The van der Waals surface area contributed by atoms with Gasteiger partial charge in [-0.3, -0.25) is 0 Å². The van der Waals surface area contributed by atoms with Crippen molar-refractivity contribution in [3.63, 3.8) is 0 Å². The van der Waals surface area contributed by atoms with Crippen molar-refractivity contribution in [3.05, 3.63) is 0 Å². The highest BCUT2D eigenvalue weighted by Crippen LogP contribution is 2.43. The van der Waals surface area contributed by atoms with E-state index in [0.29, 0.717) is 0 Å². The second kappa shape index (κ2) is 3.12. The number of ether oxygens (including phenoxy) is 1. The molecular formula is C3Cl2F6O. The van der Waals surface area contributed by atoms with Crippen LogP contribution < -0.4 is 0 Å². The predicted molar refractivity (Wildman–Crippen MR) is 27.6 cm³/mol. The Morgan fingerprint density at radius 2 is 1.17 bits per heavy atom. The Hall–Kier alpha value is 0.120. The van der Waals surface area contributed by atoms with E-state index in [2.05, 4.69) is 27.9 Å². The summed E-state index contributed by atoms with van der Waals surface area (Å²) in [6.45, 7) is 0. The van der Waals surface area contributed by atoms with Crippen LogP contribution in [0.4, 0.5) is 26.3 Å². The van der Waals surface area contributed by atoms with Crippen molar-refractivity contribution in [2.24, 2.45) is 0 Å². The molecule has 0 saturated carbocycles. The maximum atomic E-state index is 12.0. The van der Waals surface area contributed by atoms with Gasteiger partial charge in [0.15, 0.2) is 0 Å². The maximum absolute atomic E-state index is 12.0. The molecule has 0 aliphatic carbocycles. The van der Waals surface area contributed by atoms with Gasteiger partial charge in [0.1, 0.15) is 0 Å². The normalized spacial score (nSPS) is 19.0. The number of hydrogen-bond donors (Lipinski definition) is 0. The first-order chi connectivity index (χ1) is 4.96. The minimum absolute atomic E-state index is 2.21. The molecule has 0 saturated heterocycles. The minimum Gasteiger partial charge on any atom is -0.234 e. The summed E-state index contributed by atoms with van der Waals surface area (Å²) in [5.74, 6) is 0. The van der Waals surface area contributed by atoms with Gasteiger partial charge in [-0.15, -0.1) is 13.2 Å². The molecule has 0 radical (unpaired) electrons. The highest BCUT2D eigenvalue weighted by atomic mass is 35.5. The second-order valence-electron chi connectivity index (χ2n) is 1.56. The zero-order valence-corrected chi connectivity index (χ0v) is 6.44. The molecule has 0 aromatic carbocycles. The molecular weight excluding hydrogens is 237 g/mol. The van der Waals surface area contributed by atoms with Crippen LogP contribution in [0.1, 0.15) is 0 Å². The zero-order chi connectivity index (χ0) is 10.2. The Bertz CT molecular complexity index is 159. The maximum Gasteiger partial charge on any atom is 0.526 e. The molecule has 0 heterocycles. The topological polar surface area (TPSA) is 9.23 Å². The van der Waals surface area contributed by atoms with E-state index in [-0.39, 0.29) is 0 Å². The molecule has 12 heavy (non-hydrogen) atoms. The van der Waals surface area contributed by atoms with Crippen molar-refractivity contribution < 1.29 is 31.1 Å². The second-order valence-corrected chi connectivity index (χ2v) is 2.52. The van der Waals surface area contributed by atoms with Crippen LogP contribution in [0.5, 0.6) is 0 Å². The Morgan fingerprint density at radius 3 is 1.25 bits per heavy atom. The average molecular weight is 237 g/mol. The van der Waals surface area contributed by atoms with Gasteiger partial charge in [0.25, 0.3) is 0 Å². The van der Waals surface area contributed by atoms with Crippen molar-refractivity contribution >= 4 is 23.2 Å². The molecule has 0 amide bonds. The molecule has 0 fully saturated rings. The third-order valence-corrected chi connectivity index (χ3v) is 1.23. The van der Waals surface area contributed by atoms with E-state index in [1.807, 2.05) is 0 Å². The summed E-state index contributed by atoms with van der Waals surface area (Å²) >= 11 is 7.87. The Morgan fingerprint density at radius 1 is 0.833 bits per heavy atom. The first-order valence-electron chi connectivity index (χ1n) is 2.17. The average Bonchev–Trinajstić information content (AvgIpc) is 1.52. The minimum atomic E-state index is -5.63. The highest BCUT2D eigenvalue weighted by molar-refractivity contribution is 6.31. The molecule has 9 heteroatoms. The van der Waals surface area contributed by atoms with Crippen LogP contribution in [-0.2, 0) is 4.74 Å². The standard InChI is InChI=1S/C3Cl2F6O/c4-1(6,7)2(5,8)12-3(9,10)11/t2-/m0/s1. The van der Waals surface area contributed by atoms with E-state index in [1.165, 1.54) is 0 Å². The third kappa shape index (κ3) is 3.68. The third-order valence-electron chi connectivity index (χ3n) is 0.574. The fourth-order valence-corrected chi connectivity index (χ4v) is 0.329. The van der Waals surface area contributed by atoms with Crippen LogP contribution in [0, 0.1) is 0 Å². The summed E-state index contributed by atoms with van der Waals surface area (Å²) in [5.41, 5.74) is 0. The molecule has 0 aromatic heterocycles. The lowest BCUT2D eigenvalue weighted by Crippen LogP contribution is -2.41. The summed E-state index contributed by atoms with van der Waals surface area (Å²) in [6.07, 6.45) is -5.63. The lowest BCUT2D eigenvalue weighted by molar-refractivity contribution is -0.392. The largest absolute Gasteiger partial charge is 0.526 e. The smallest absolute Gasteiger partial charge is 0.234 e. The molecule has 0 unspecified atom stereocenters. The van der Waals surface area contributed by atoms with Crippen molar-refractivity contribution in [2.75, 3.05) is 0 Å². The van der Waals surface area contributed by atoms with Crippen LogP contribution in [0.2, 0.25) is 0 Å². The summed E-state index contributed by atoms with van der Waals surface area (Å²) in [5, 5.41) is -9.77. The molecule has 0 aromatic rings. The highest BCUT2D eigenvalue weighted by Gasteiger charge is 2.59. The molecule has 0 aliphatic rings. The lowest BCUT2D eigenvalue weighted by atomic mass is 10.7. The Labute approximate surface area is 72.2 Å². The SMILES string of the molecule is FC(F)(F)O[C@](F)(Cl)C(F)(F)Cl. The monoisotopic (exact) mass is 236 g/mol. The van der Waals surface area contributed by atoms with Crippen molar-refractivity contribution in [1.82, 2.24) is 0 Å². The summed E-state index contributed by atoms with van der Waals surface area (Å²) in [7, 11) is 0. The van der Waals surface area contributed by atoms with Gasteiger partial charge in [-0.25, -0.2) is 4.74 Å². The van der Waals surface area contributed by atoms with Crippen molar-refractivity contribution in [1.29, 1.82) is 0 Å². The molecule has 0 N–H and O–H groups in total. The van der Waals surface area contributed by atoms with E-state index in [4.69, 9.17) is 0 Å². The fourth-order valence-electron chi connectivity index (χ4n) is 0.203. The molecule has 0 aliphatic heterocycles. The molecule has 1 nitrogen and oxygen atoms in total. The molecule has 0 rings (SSSR count). The summed E-state index contributed by atoms with van der Waals surface area (Å²) < 4.78 is 71.0. The number of halogens is 8. The molecule has 0 bridgehead atoms. The predicted octanol–water partition coefficient (Wildman–Crippen LogP) is 3.22. The van der Waals surface area contributed by atoms with Gasteiger partial charge in [0.05, 0.1) is 0 Å². The van der Waals surface area contributed by atoms with Gasteiger partial charge in [0, 0.05) is 0 Å². The van der Waals surface area contributed by atoms with Crippen LogP contribution in [0.3, 0.4) is 0 Å². The first-order valence-corrected chi connectivity index (χ1v) is 2.93. The van der Waals surface area contributed by atoms with Gasteiger partial charge >= 0.3 is 17.1 Å². The van der Waals surface area contributed by atoms with Gasteiger partial charge in [-0.05, 0) is 23.2 Å². The van der Waals surface area contributed by atoms with Gasteiger partial charge in [-0.2, -0.15) is 13.2 Å². The Balaban J connectivity index is 4.44. The fraction of sp³-hybridized carbons (Fsp3) is 1.00. The molecule has 74 valence electrons. The van der Waals surface area contributed by atoms with Gasteiger partial charge < -0.3 is 0 Å². The summed E-state index contributed by atoms with van der Waals surface area (Å²) in [6, 6.07) is 0. The van der Waals surface area contributed by atoms with E-state index in [0.717, 1.165) is 0 Å². The lowest BCUT2D eigenvalue weighted by Gasteiger charge is -2.23. The Kier molecular flexibility index (Phi) is 3.15. The van der Waals surface area contributed by atoms with Crippen molar-refractivity contribution in [2.45, 2.75) is 17.1 Å². The molecule has 0 spiro atoms. The van der Waals surface area contributed by atoms with E-state index < -0.39 is 17.1 Å². The van der Waals surface area contributed by atoms with Crippen LogP contribution >= 0.6 is 23.2 Å². The van der Waals surface area contributed by atoms with Crippen LogP contribution in [0.15, 0.2) is 0 Å². The van der Waals surface area contributed by atoms with Gasteiger partial charge in [0.2, 0.25) is 0 Å². The zero-order valence-electron chi connectivity index (χ0n) is 4.93. The quantitative estimate of drug-likeness (QED) is 0.529. The van der Waals surface area contributed by atoms with E-state index in [1.54, 1.807) is 0 Å². The van der Waals surface area contributed by atoms with Crippen LogP contribution in [-0.4, -0.2) is 17.1 Å². The van der Waals surface area contributed by atoms with Crippen molar-refractivity contribution in [3.8, 4) is 0 Å². The van der Waals surface area contributed by atoms with Crippen LogP contribution in [0.25, 0.3) is 0 Å². The van der Waals surface area contributed by atoms with Gasteiger partial charge in [-0.1, -0.05) is 0 Å². The molecule has 1 atom stereocenters.